The van der Waals surface area contributed by atoms with E-state index >= 15 is 0 Å². The molecular weight excluding hydrogens is 334 g/mol. The first-order valence-electron chi connectivity index (χ1n) is 6.89. The van der Waals surface area contributed by atoms with Crippen LogP contribution in [0.15, 0.2) is 29.6 Å². The molecule has 0 spiro atoms. The number of methoxy groups -OCH3 is 3. The Kier molecular flexibility index (Phi) is 6.02. The Balaban J connectivity index is 2.02. The van der Waals surface area contributed by atoms with E-state index in [9.17, 15) is 9.59 Å². The first-order chi connectivity index (χ1) is 11.6. The van der Waals surface area contributed by atoms with Crippen molar-refractivity contribution in [2.75, 3.05) is 33.3 Å². The van der Waals surface area contributed by atoms with E-state index in [1.807, 2.05) is 0 Å². The van der Waals surface area contributed by atoms with Crippen molar-refractivity contribution < 1.29 is 28.5 Å². The van der Waals surface area contributed by atoms with Crippen LogP contribution in [0.1, 0.15) is 9.67 Å². The van der Waals surface area contributed by atoms with E-state index < -0.39 is 18.5 Å². The summed E-state index contributed by atoms with van der Waals surface area (Å²) in [5.41, 5.74) is 0.432. The van der Waals surface area contributed by atoms with Gasteiger partial charge in [-0.2, -0.15) is 0 Å². The molecule has 1 amide bonds. The highest BCUT2D eigenvalue weighted by molar-refractivity contribution is 7.11. The van der Waals surface area contributed by atoms with Gasteiger partial charge in [-0.05, 0) is 11.4 Å². The lowest BCUT2D eigenvalue weighted by Crippen LogP contribution is -2.20. The molecule has 8 heteroatoms. The molecule has 128 valence electrons. The summed E-state index contributed by atoms with van der Waals surface area (Å²) < 4.78 is 20.6. The van der Waals surface area contributed by atoms with Crippen LogP contribution < -0.4 is 19.5 Å². The minimum atomic E-state index is -0.537. The van der Waals surface area contributed by atoms with Crippen molar-refractivity contribution in [2.24, 2.45) is 0 Å². The second kappa shape index (κ2) is 8.21. The van der Waals surface area contributed by atoms with Crippen molar-refractivity contribution in [1.82, 2.24) is 0 Å². The van der Waals surface area contributed by atoms with Crippen LogP contribution in [0.5, 0.6) is 17.2 Å². The summed E-state index contributed by atoms with van der Waals surface area (Å²) in [5.74, 6) is 0.215. The maximum atomic E-state index is 11.9. The van der Waals surface area contributed by atoms with E-state index in [1.165, 1.54) is 32.7 Å². The molecule has 1 aromatic heterocycles. The van der Waals surface area contributed by atoms with Crippen LogP contribution in [0.2, 0.25) is 0 Å². The van der Waals surface area contributed by atoms with Crippen molar-refractivity contribution in [3.63, 3.8) is 0 Å². The Bertz CT molecular complexity index is 688. The smallest absolute Gasteiger partial charge is 0.348 e. The molecule has 0 unspecified atom stereocenters. The van der Waals surface area contributed by atoms with Gasteiger partial charge in [-0.25, -0.2) is 4.79 Å². The second-order valence-electron chi connectivity index (χ2n) is 4.52. The molecule has 1 N–H and O–H groups in total. The van der Waals surface area contributed by atoms with E-state index in [2.05, 4.69) is 5.32 Å². The van der Waals surface area contributed by atoms with Crippen molar-refractivity contribution >= 4 is 28.9 Å². The van der Waals surface area contributed by atoms with E-state index in [1.54, 1.807) is 29.6 Å². The highest BCUT2D eigenvalue weighted by Gasteiger charge is 2.15. The lowest BCUT2D eigenvalue weighted by atomic mass is 10.2. The summed E-state index contributed by atoms with van der Waals surface area (Å²) in [5, 5.41) is 4.37. The number of hydrogen-bond acceptors (Lipinski definition) is 7. The summed E-state index contributed by atoms with van der Waals surface area (Å²) in [6.45, 7) is -0.395. The monoisotopic (exact) mass is 351 g/mol. The van der Waals surface area contributed by atoms with Crippen LogP contribution >= 0.6 is 11.3 Å². The summed E-state index contributed by atoms with van der Waals surface area (Å²) in [6, 6.07) is 6.53. The van der Waals surface area contributed by atoms with Crippen molar-refractivity contribution in [1.29, 1.82) is 0 Å². The lowest BCUT2D eigenvalue weighted by Gasteiger charge is -2.14. The molecule has 1 aromatic carbocycles. The Morgan fingerprint density at radius 3 is 2.25 bits per heavy atom. The third-order valence-electron chi connectivity index (χ3n) is 3.01. The molecule has 0 radical (unpaired) electrons. The number of nitrogens with one attached hydrogen (secondary N) is 1. The number of amides is 1. The zero-order chi connectivity index (χ0) is 17.5. The zero-order valence-corrected chi connectivity index (χ0v) is 14.3. The Labute approximate surface area is 143 Å². The Morgan fingerprint density at radius 1 is 1.08 bits per heavy atom. The van der Waals surface area contributed by atoms with Gasteiger partial charge in [-0.15, -0.1) is 11.3 Å². The average molecular weight is 351 g/mol. The third kappa shape index (κ3) is 4.17. The summed E-state index contributed by atoms with van der Waals surface area (Å²) >= 11 is 1.25. The molecule has 0 aliphatic rings. The summed E-state index contributed by atoms with van der Waals surface area (Å²) in [4.78, 5) is 24.1. The summed E-state index contributed by atoms with van der Waals surface area (Å²) in [7, 11) is 4.44. The van der Waals surface area contributed by atoms with Crippen LogP contribution in [-0.4, -0.2) is 39.8 Å². The number of carbonyl (C=O) groups excluding carboxylic acids is 2. The van der Waals surface area contributed by atoms with Crippen molar-refractivity contribution in [2.45, 2.75) is 0 Å². The first-order valence-corrected chi connectivity index (χ1v) is 7.77. The largest absolute Gasteiger partial charge is 0.493 e. The standard InChI is InChI=1S/C16H17NO6S/c1-20-11-7-10(8-12(21-2)15(11)22-3)17-14(18)9-23-16(19)13-5-4-6-24-13/h4-8H,9H2,1-3H3,(H,17,18). The predicted molar refractivity (Wildman–Crippen MR) is 89.3 cm³/mol. The number of carbonyl (C=O) groups is 2. The molecule has 0 atom stereocenters. The topological polar surface area (TPSA) is 83.1 Å². The first kappa shape index (κ1) is 17.6. The number of thiophene rings is 1. The van der Waals surface area contributed by atoms with Gasteiger partial charge in [0.05, 0.1) is 21.3 Å². The predicted octanol–water partition coefficient (Wildman–Crippen LogP) is 2.57. The van der Waals surface area contributed by atoms with Crippen LogP contribution in [-0.2, 0) is 9.53 Å². The molecule has 0 fully saturated rings. The number of esters is 1. The van der Waals surface area contributed by atoms with Crippen LogP contribution in [0.3, 0.4) is 0 Å². The fraction of sp³-hybridized carbons (Fsp3) is 0.250. The van der Waals surface area contributed by atoms with Gasteiger partial charge in [0.2, 0.25) is 5.75 Å². The zero-order valence-electron chi connectivity index (χ0n) is 13.5. The highest BCUT2D eigenvalue weighted by Crippen LogP contribution is 2.39. The molecule has 0 aliphatic carbocycles. The molecule has 7 nitrogen and oxygen atoms in total. The molecule has 2 aromatic rings. The second-order valence-corrected chi connectivity index (χ2v) is 5.46. The van der Waals surface area contributed by atoms with E-state index in [-0.39, 0.29) is 0 Å². The number of rotatable bonds is 7. The molecule has 0 saturated heterocycles. The average Bonchev–Trinajstić information content (AvgIpc) is 3.13. The number of anilines is 1. The van der Waals surface area contributed by atoms with Crippen molar-refractivity contribution in [3.05, 3.63) is 34.5 Å². The van der Waals surface area contributed by atoms with Gasteiger partial charge in [-0.1, -0.05) is 6.07 Å². The van der Waals surface area contributed by atoms with E-state index in [4.69, 9.17) is 18.9 Å². The van der Waals surface area contributed by atoms with Gasteiger partial charge in [0.25, 0.3) is 5.91 Å². The van der Waals surface area contributed by atoms with Gasteiger partial charge < -0.3 is 24.3 Å². The number of ether oxygens (including phenoxy) is 4. The molecule has 2 rings (SSSR count). The Morgan fingerprint density at radius 2 is 1.75 bits per heavy atom. The minimum absolute atomic E-state index is 0.395. The molecule has 0 aliphatic heterocycles. The quantitative estimate of drug-likeness (QED) is 0.772. The van der Waals surface area contributed by atoms with Crippen LogP contribution in [0, 0.1) is 0 Å². The normalized spacial score (nSPS) is 9.96. The Hall–Kier alpha value is -2.74. The van der Waals surface area contributed by atoms with Gasteiger partial charge in [-0.3, -0.25) is 4.79 Å². The molecule has 1 heterocycles. The van der Waals surface area contributed by atoms with Gasteiger partial charge in [0.15, 0.2) is 18.1 Å². The van der Waals surface area contributed by atoms with Gasteiger partial charge >= 0.3 is 5.97 Å². The number of hydrogen-bond donors (Lipinski definition) is 1. The molecule has 0 bridgehead atoms. The third-order valence-corrected chi connectivity index (χ3v) is 3.86. The van der Waals surface area contributed by atoms with Gasteiger partial charge in [0, 0.05) is 17.8 Å². The van der Waals surface area contributed by atoms with Crippen LogP contribution in [0.25, 0.3) is 0 Å². The van der Waals surface area contributed by atoms with E-state index in [0.29, 0.717) is 27.8 Å². The molecular formula is C16H17NO6S. The minimum Gasteiger partial charge on any atom is -0.493 e. The maximum absolute atomic E-state index is 11.9. The van der Waals surface area contributed by atoms with E-state index in [0.717, 1.165) is 0 Å². The lowest BCUT2D eigenvalue weighted by molar-refractivity contribution is -0.119. The molecule has 0 saturated carbocycles. The number of benzene rings is 1. The van der Waals surface area contributed by atoms with Crippen LogP contribution in [0.4, 0.5) is 5.69 Å². The highest BCUT2D eigenvalue weighted by atomic mass is 32.1. The fourth-order valence-corrected chi connectivity index (χ4v) is 2.56. The summed E-state index contributed by atoms with van der Waals surface area (Å²) in [6.07, 6.45) is 0. The van der Waals surface area contributed by atoms with Gasteiger partial charge in [0.1, 0.15) is 4.88 Å². The SMILES string of the molecule is COc1cc(NC(=O)COC(=O)c2cccs2)cc(OC)c1OC. The maximum Gasteiger partial charge on any atom is 0.348 e. The molecule has 24 heavy (non-hydrogen) atoms. The fourth-order valence-electron chi connectivity index (χ4n) is 1.95. The van der Waals surface area contributed by atoms with Crippen molar-refractivity contribution in [3.8, 4) is 17.2 Å².